The molecule has 0 radical (unpaired) electrons. The topological polar surface area (TPSA) is 68.3 Å². The highest BCUT2D eigenvalue weighted by Gasteiger charge is 2.14. The van der Waals surface area contributed by atoms with E-state index in [1.807, 2.05) is 0 Å². The van der Waals surface area contributed by atoms with Gasteiger partial charge in [-0.1, -0.05) is 0 Å². The molecule has 0 aromatic heterocycles. The molecule has 0 heterocycles. The first-order valence-electron chi connectivity index (χ1n) is 4.06. The molecule has 0 saturated carbocycles. The second-order valence-electron chi connectivity index (χ2n) is 2.83. The van der Waals surface area contributed by atoms with Gasteiger partial charge in [-0.05, 0) is 6.42 Å². The first-order chi connectivity index (χ1) is 6.28. The van der Waals surface area contributed by atoms with Crippen molar-refractivity contribution < 1.29 is 19.2 Å². The van der Waals surface area contributed by atoms with Gasteiger partial charge in [0.2, 0.25) is 0 Å². The zero-order chi connectivity index (χ0) is 10.1. The molecule has 2 unspecified atom stereocenters. The summed E-state index contributed by atoms with van der Waals surface area (Å²) in [6.07, 6.45) is 3.10. The van der Waals surface area contributed by atoms with Crippen molar-refractivity contribution >= 4 is 25.1 Å². The SMILES string of the molecule is O=CCC(C=O)CC(C=O)CC=O. The molecule has 0 aliphatic carbocycles. The summed E-state index contributed by atoms with van der Waals surface area (Å²) in [5.74, 6) is -0.875. The Morgan fingerprint density at radius 2 is 1.15 bits per heavy atom. The van der Waals surface area contributed by atoms with E-state index in [1.165, 1.54) is 0 Å². The van der Waals surface area contributed by atoms with Crippen molar-refractivity contribution in [2.24, 2.45) is 11.8 Å². The smallest absolute Gasteiger partial charge is 0.123 e. The fourth-order valence-corrected chi connectivity index (χ4v) is 1.05. The first-order valence-corrected chi connectivity index (χ1v) is 4.06. The van der Waals surface area contributed by atoms with Crippen LogP contribution in [0.1, 0.15) is 19.3 Å². The van der Waals surface area contributed by atoms with Crippen LogP contribution in [0, 0.1) is 11.8 Å². The minimum atomic E-state index is -0.437. The van der Waals surface area contributed by atoms with Gasteiger partial charge in [-0.25, -0.2) is 0 Å². The lowest BCUT2D eigenvalue weighted by Crippen LogP contribution is -2.12. The van der Waals surface area contributed by atoms with E-state index in [1.54, 1.807) is 0 Å². The summed E-state index contributed by atoms with van der Waals surface area (Å²) in [5.41, 5.74) is 0. The lowest BCUT2D eigenvalue weighted by atomic mass is 9.93. The summed E-state index contributed by atoms with van der Waals surface area (Å²) in [4.78, 5) is 40.9. The number of carbonyl (C=O) groups excluding carboxylic acids is 4. The first kappa shape index (κ1) is 11.7. The Bertz CT molecular complexity index is 168. The molecule has 0 spiro atoms. The van der Waals surface area contributed by atoms with Gasteiger partial charge < -0.3 is 19.2 Å². The van der Waals surface area contributed by atoms with Gasteiger partial charge in [0.25, 0.3) is 0 Å². The van der Waals surface area contributed by atoms with Crippen LogP contribution in [0.15, 0.2) is 0 Å². The van der Waals surface area contributed by atoms with Crippen molar-refractivity contribution in [1.82, 2.24) is 0 Å². The van der Waals surface area contributed by atoms with Gasteiger partial charge in [0.1, 0.15) is 25.1 Å². The van der Waals surface area contributed by atoms with Gasteiger partial charge in [0, 0.05) is 24.7 Å². The van der Waals surface area contributed by atoms with Crippen LogP contribution in [0.2, 0.25) is 0 Å². The van der Waals surface area contributed by atoms with Gasteiger partial charge in [0.05, 0.1) is 0 Å². The maximum absolute atomic E-state index is 10.4. The normalized spacial score (nSPS) is 14.2. The molecule has 0 fully saturated rings. The zero-order valence-corrected chi connectivity index (χ0v) is 7.22. The van der Waals surface area contributed by atoms with Crippen molar-refractivity contribution in [3.05, 3.63) is 0 Å². The van der Waals surface area contributed by atoms with Crippen molar-refractivity contribution in [1.29, 1.82) is 0 Å². The molecule has 13 heavy (non-hydrogen) atoms. The fourth-order valence-electron chi connectivity index (χ4n) is 1.05. The average Bonchev–Trinajstić information content (AvgIpc) is 2.16. The predicted octanol–water partition coefficient (Wildman–Crippen LogP) is 0.185. The van der Waals surface area contributed by atoms with Crippen molar-refractivity contribution in [2.45, 2.75) is 19.3 Å². The number of carbonyl (C=O) groups is 4. The van der Waals surface area contributed by atoms with E-state index in [0.717, 1.165) is 0 Å². The van der Waals surface area contributed by atoms with Gasteiger partial charge in [-0.2, -0.15) is 0 Å². The third-order valence-electron chi connectivity index (χ3n) is 1.79. The molecule has 0 bridgehead atoms. The molecule has 0 saturated heterocycles. The Balaban J connectivity index is 4.00. The summed E-state index contributed by atoms with van der Waals surface area (Å²) >= 11 is 0. The van der Waals surface area contributed by atoms with Gasteiger partial charge in [0.15, 0.2) is 0 Å². The zero-order valence-electron chi connectivity index (χ0n) is 7.22. The molecule has 0 rings (SSSR count). The number of aldehydes is 4. The van der Waals surface area contributed by atoms with Gasteiger partial charge in [-0.3, -0.25) is 0 Å². The summed E-state index contributed by atoms with van der Waals surface area (Å²) in [5, 5.41) is 0. The van der Waals surface area contributed by atoms with Crippen LogP contribution >= 0.6 is 0 Å². The Kier molecular flexibility index (Phi) is 6.59. The van der Waals surface area contributed by atoms with E-state index in [0.29, 0.717) is 25.1 Å². The maximum Gasteiger partial charge on any atom is 0.123 e. The van der Waals surface area contributed by atoms with E-state index < -0.39 is 11.8 Å². The van der Waals surface area contributed by atoms with E-state index in [4.69, 9.17) is 0 Å². The van der Waals surface area contributed by atoms with Crippen LogP contribution in [-0.4, -0.2) is 25.1 Å². The lowest BCUT2D eigenvalue weighted by Gasteiger charge is -2.09. The Morgan fingerprint density at radius 3 is 1.38 bits per heavy atom. The Morgan fingerprint density at radius 1 is 0.769 bits per heavy atom. The highest BCUT2D eigenvalue weighted by atomic mass is 16.1. The van der Waals surface area contributed by atoms with E-state index in [9.17, 15) is 19.2 Å². The predicted molar refractivity (Wildman–Crippen MR) is 45.1 cm³/mol. The number of hydrogen-bond acceptors (Lipinski definition) is 4. The second kappa shape index (κ2) is 7.34. The van der Waals surface area contributed by atoms with Gasteiger partial charge in [-0.15, -0.1) is 0 Å². The molecule has 4 heteroatoms. The molecule has 0 aliphatic rings. The third-order valence-corrected chi connectivity index (χ3v) is 1.79. The molecule has 2 atom stereocenters. The van der Waals surface area contributed by atoms with Crippen LogP contribution in [0.5, 0.6) is 0 Å². The summed E-state index contributed by atoms with van der Waals surface area (Å²) in [6, 6.07) is 0. The molecule has 72 valence electrons. The minimum absolute atomic E-state index is 0.118. The maximum atomic E-state index is 10.4. The summed E-state index contributed by atoms with van der Waals surface area (Å²) in [6.45, 7) is 0. The molecule has 0 amide bonds. The number of rotatable bonds is 8. The largest absolute Gasteiger partial charge is 0.303 e. The molecular formula is C9H12O4. The van der Waals surface area contributed by atoms with E-state index in [2.05, 4.69) is 0 Å². The summed E-state index contributed by atoms with van der Waals surface area (Å²) in [7, 11) is 0. The van der Waals surface area contributed by atoms with E-state index in [-0.39, 0.29) is 19.3 Å². The second-order valence-corrected chi connectivity index (χ2v) is 2.83. The van der Waals surface area contributed by atoms with Crippen molar-refractivity contribution in [2.75, 3.05) is 0 Å². The molecule has 0 aliphatic heterocycles. The minimum Gasteiger partial charge on any atom is -0.303 e. The Labute approximate surface area is 76.3 Å². The quantitative estimate of drug-likeness (QED) is 0.505. The fraction of sp³-hybridized carbons (Fsp3) is 0.556. The highest BCUT2D eigenvalue weighted by Crippen LogP contribution is 2.13. The summed E-state index contributed by atoms with van der Waals surface area (Å²) < 4.78 is 0. The van der Waals surface area contributed by atoms with Crippen molar-refractivity contribution in [3.63, 3.8) is 0 Å². The number of hydrogen-bond donors (Lipinski definition) is 0. The highest BCUT2D eigenvalue weighted by molar-refractivity contribution is 5.65. The van der Waals surface area contributed by atoms with Crippen LogP contribution < -0.4 is 0 Å². The van der Waals surface area contributed by atoms with E-state index >= 15 is 0 Å². The van der Waals surface area contributed by atoms with Gasteiger partial charge >= 0.3 is 0 Å². The molecule has 0 aromatic rings. The standard InChI is InChI=1S/C9H12O4/c10-3-1-8(6-12)5-9(7-13)2-4-11/h3-4,6-9H,1-2,5H2. The van der Waals surface area contributed by atoms with Crippen LogP contribution in [-0.2, 0) is 19.2 Å². The monoisotopic (exact) mass is 184 g/mol. The molecular weight excluding hydrogens is 172 g/mol. The molecule has 0 N–H and O–H groups in total. The molecule has 4 nitrogen and oxygen atoms in total. The third kappa shape index (κ3) is 5.00. The Hall–Kier alpha value is -1.32. The van der Waals surface area contributed by atoms with Crippen LogP contribution in [0.4, 0.5) is 0 Å². The van der Waals surface area contributed by atoms with Crippen LogP contribution in [0.3, 0.4) is 0 Å². The molecule has 0 aromatic carbocycles. The average molecular weight is 184 g/mol. The van der Waals surface area contributed by atoms with Crippen LogP contribution in [0.25, 0.3) is 0 Å². The lowest BCUT2D eigenvalue weighted by molar-refractivity contribution is -0.119. The van der Waals surface area contributed by atoms with Crippen molar-refractivity contribution in [3.8, 4) is 0 Å².